The molecular weight excluding hydrogens is 292 g/mol. The lowest BCUT2D eigenvalue weighted by Crippen LogP contribution is -2.33. The molecule has 0 aromatic heterocycles. The van der Waals surface area contributed by atoms with Crippen LogP contribution in [0.2, 0.25) is 0 Å². The predicted octanol–water partition coefficient (Wildman–Crippen LogP) is 2.40. The monoisotopic (exact) mass is 312 g/mol. The molecule has 0 saturated carbocycles. The first kappa shape index (κ1) is 15.2. The summed E-state index contributed by atoms with van der Waals surface area (Å²) in [5.41, 5.74) is 1.20. The van der Waals surface area contributed by atoms with Crippen LogP contribution < -0.4 is 0 Å². The lowest BCUT2D eigenvalue weighted by Gasteiger charge is -2.19. The van der Waals surface area contributed by atoms with Crippen LogP contribution in [0.25, 0.3) is 0 Å². The zero-order valence-corrected chi connectivity index (χ0v) is 12.9. The van der Waals surface area contributed by atoms with Gasteiger partial charge in [0, 0.05) is 31.0 Å². The summed E-state index contributed by atoms with van der Waals surface area (Å²) in [5, 5.41) is 0. The van der Waals surface area contributed by atoms with Gasteiger partial charge in [0.25, 0.3) is 0 Å². The van der Waals surface area contributed by atoms with Gasteiger partial charge in [-0.25, -0.2) is 0 Å². The molecule has 4 heteroatoms. The topological polar surface area (TPSA) is 23.6 Å². The molecule has 0 spiro atoms. The molecule has 1 amide bonds. The minimum Gasteiger partial charge on any atom is -0.344 e. The third-order valence-electron chi connectivity index (χ3n) is 2.85. The van der Waals surface area contributed by atoms with Crippen molar-refractivity contribution in [3.63, 3.8) is 0 Å². The molecule has 0 aliphatic rings. The number of likely N-dealkylation sites (N-methyl/N-ethyl adjacent to an activating group) is 2. The number of rotatable bonds is 6. The fourth-order valence-electron chi connectivity index (χ4n) is 1.57. The molecule has 0 saturated heterocycles. The molecule has 3 nitrogen and oxygen atoms in total. The van der Waals surface area contributed by atoms with Crippen molar-refractivity contribution >= 4 is 21.8 Å². The van der Waals surface area contributed by atoms with Gasteiger partial charge in [-0.1, -0.05) is 28.1 Å². The molecule has 0 heterocycles. The minimum absolute atomic E-state index is 0.208. The van der Waals surface area contributed by atoms with Crippen LogP contribution in [0.4, 0.5) is 0 Å². The highest BCUT2D eigenvalue weighted by Crippen LogP contribution is 2.12. The normalized spacial score (nSPS) is 10.7. The van der Waals surface area contributed by atoms with Crippen LogP contribution >= 0.6 is 15.9 Å². The molecule has 1 rings (SSSR count). The van der Waals surface area contributed by atoms with E-state index in [2.05, 4.69) is 33.0 Å². The fraction of sp³-hybridized carbons (Fsp3) is 0.500. The maximum atomic E-state index is 11.9. The summed E-state index contributed by atoms with van der Waals surface area (Å²) in [6, 6.07) is 8.12. The van der Waals surface area contributed by atoms with Gasteiger partial charge >= 0.3 is 0 Å². The maximum absolute atomic E-state index is 11.9. The van der Waals surface area contributed by atoms with E-state index < -0.39 is 0 Å². The quantitative estimate of drug-likeness (QED) is 0.805. The number of hydrogen-bond acceptors (Lipinski definition) is 2. The molecule has 0 N–H and O–H groups in total. The van der Waals surface area contributed by atoms with Crippen molar-refractivity contribution in [3.05, 3.63) is 34.3 Å². The van der Waals surface area contributed by atoms with E-state index in [1.54, 1.807) is 4.90 Å². The summed E-state index contributed by atoms with van der Waals surface area (Å²) in [7, 11) is 5.90. The molecule has 0 fully saturated rings. The Morgan fingerprint density at radius 2 is 1.72 bits per heavy atom. The molecule has 0 aliphatic carbocycles. The second kappa shape index (κ2) is 7.54. The number of benzene rings is 1. The second-order valence-electron chi connectivity index (χ2n) is 4.75. The van der Waals surface area contributed by atoms with Crippen LogP contribution in [0, 0.1) is 0 Å². The number of nitrogens with zero attached hydrogens (tertiary/aromatic N) is 2. The van der Waals surface area contributed by atoms with Crippen molar-refractivity contribution < 1.29 is 4.79 Å². The predicted molar refractivity (Wildman–Crippen MR) is 78.7 cm³/mol. The standard InChI is InChI=1S/C14H21BrN2O/c1-16(2)10-11-17(3)14(18)9-6-12-4-7-13(15)8-5-12/h4-5,7-8H,6,9-11H2,1-3H3. The van der Waals surface area contributed by atoms with Crippen molar-refractivity contribution in [2.24, 2.45) is 0 Å². The van der Waals surface area contributed by atoms with Gasteiger partial charge in [-0.05, 0) is 38.2 Å². The summed E-state index contributed by atoms with van der Waals surface area (Å²) in [6.45, 7) is 1.69. The molecule has 0 atom stereocenters. The summed E-state index contributed by atoms with van der Waals surface area (Å²) in [6.07, 6.45) is 1.38. The lowest BCUT2D eigenvalue weighted by molar-refractivity contribution is -0.129. The van der Waals surface area contributed by atoms with E-state index in [1.165, 1.54) is 5.56 Å². The van der Waals surface area contributed by atoms with Gasteiger partial charge in [-0.15, -0.1) is 0 Å². The molecule has 18 heavy (non-hydrogen) atoms. The molecule has 1 aromatic rings. The number of hydrogen-bond donors (Lipinski definition) is 0. The van der Waals surface area contributed by atoms with E-state index in [9.17, 15) is 4.79 Å². The zero-order chi connectivity index (χ0) is 13.5. The summed E-state index contributed by atoms with van der Waals surface area (Å²) >= 11 is 3.40. The lowest BCUT2D eigenvalue weighted by atomic mass is 10.1. The second-order valence-corrected chi connectivity index (χ2v) is 5.66. The van der Waals surface area contributed by atoms with Gasteiger partial charge in [0.05, 0.1) is 0 Å². The van der Waals surface area contributed by atoms with Gasteiger partial charge in [-0.2, -0.15) is 0 Å². The fourth-order valence-corrected chi connectivity index (χ4v) is 1.83. The Balaban J connectivity index is 2.34. The summed E-state index contributed by atoms with van der Waals surface area (Å²) < 4.78 is 1.07. The van der Waals surface area contributed by atoms with Crippen LogP contribution in [-0.4, -0.2) is 49.9 Å². The molecular formula is C14H21BrN2O. The Morgan fingerprint density at radius 1 is 1.11 bits per heavy atom. The van der Waals surface area contributed by atoms with Gasteiger partial charge in [0.2, 0.25) is 5.91 Å². The average Bonchev–Trinajstić information content (AvgIpc) is 2.34. The first-order valence-electron chi connectivity index (χ1n) is 6.12. The van der Waals surface area contributed by atoms with Crippen molar-refractivity contribution in [1.29, 1.82) is 0 Å². The maximum Gasteiger partial charge on any atom is 0.222 e. The molecule has 0 unspecified atom stereocenters. The van der Waals surface area contributed by atoms with E-state index >= 15 is 0 Å². The highest BCUT2D eigenvalue weighted by atomic mass is 79.9. The number of carbonyl (C=O) groups excluding carboxylic acids is 1. The molecule has 100 valence electrons. The van der Waals surface area contributed by atoms with Crippen LogP contribution in [0.3, 0.4) is 0 Å². The first-order chi connectivity index (χ1) is 8.49. The largest absolute Gasteiger partial charge is 0.344 e. The Kier molecular flexibility index (Phi) is 6.36. The minimum atomic E-state index is 0.208. The Morgan fingerprint density at radius 3 is 2.28 bits per heavy atom. The number of carbonyl (C=O) groups is 1. The zero-order valence-electron chi connectivity index (χ0n) is 11.3. The molecule has 0 radical (unpaired) electrons. The van der Waals surface area contributed by atoms with E-state index in [0.29, 0.717) is 6.42 Å². The van der Waals surface area contributed by atoms with Gasteiger partial charge in [0.15, 0.2) is 0 Å². The van der Waals surface area contributed by atoms with Crippen LogP contribution in [0.15, 0.2) is 28.7 Å². The van der Waals surface area contributed by atoms with Gasteiger partial charge < -0.3 is 9.80 Å². The number of halogens is 1. The molecule has 0 bridgehead atoms. The molecule has 0 aliphatic heterocycles. The van der Waals surface area contributed by atoms with Crippen LogP contribution in [0.5, 0.6) is 0 Å². The van der Waals surface area contributed by atoms with Crippen molar-refractivity contribution in [2.45, 2.75) is 12.8 Å². The first-order valence-corrected chi connectivity index (χ1v) is 6.91. The highest BCUT2D eigenvalue weighted by molar-refractivity contribution is 9.10. The third-order valence-corrected chi connectivity index (χ3v) is 3.38. The van der Waals surface area contributed by atoms with Crippen molar-refractivity contribution in [2.75, 3.05) is 34.2 Å². The summed E-state index contributed by atoms with van der Waals surface area (Å²) in [5.74, 6) is 0.208. The SMILES string of the molecule is CN(C)CCN(C)C(=O)CCc1ccc(Br)cc1. The number of aryl methyl sites for hydroxylation is 1. The van der Waals surface area contributed by atoms with E-state index in [1.807, 2.05) is 33.3 Å². The highest BCUT2D eigenvalue weighted by Gasteiger charge is 2.08. The Labute approximate surface area is 118 Å². The summed E-state index contributed by atoms with van der Waals surface area (Å²) in [4.78, 5) is 15.8. The van der Waals surface area contributed by atoms with Crippen molar-refractivity contribution in [3.8, 4) is 0 Å². The van der Waals surface area contributed by atoms with Crippen LogP contribution in [0.1, 0.15) is 12.0 Å². The number of amides is 1. The van der Waals surface area contributed by atoms with E-state index in [4.69, 9.17) is 0 Å². The third kappa shape index (κ3) is 5.65. The Bertz CT molecular complexity index is 376. The van der Waals surface area contributed by atoms with Gasteiger partial charge in [-0.3, -0.25) is 4.79 Å². The van der Waals surface area contributed by atoms with Crippen LogP contribution in [-0.2, 0) is 11.2 Å². The Hall–Kier alpha value is -0.870. The average molecular weight is 313 g/mol. The smallest absolute Gasteiger partial charge is 0.222 e. The van der Waals surface area contributed by atoms with Gasteiger partial charge in [0.1, 0.15) is 0 Å². The van der Waals surface area contributed by atoms with E-state index in [0.717, 1.165) is 24.0 Å². The van der Waals surface area contributed by atoms with E-state index in [-0.39, 0.29) is 5.91 Å². The molecule has 1 aromatic carbocycles. The van der Waals surface area contributed by atoms with Crippen molar-refractivity contribution in [1.82, 2.24) is 9.80 Å².